The fourth-order valence-corrected chi connectivity index (χ4v) is 10.2. The monoisotopic (exact) mass is 752 g/mol. The van der Waals surface area contributed by atoms with Crippen LogP contribution in [0.15, 0.2) is 206 Å². The van der Waals surface area contributed by atoms with Crippen LogP contribution in [0.5, 0.6) is 0 Å². The third-order valence-corrected chi connectivity index (χ3v) is 12.9. The molecule has 0 radical (unpaired) electrons. The highest BCUT2D eigenvalue weighted by molar-refractivity contribution is 6.25. The maximum Gasteiger partial charge on any atom is 0.0782 e. The van der Waals surface area contributed by atoms with Gasteiger partial charge >= 0.3 is 0 Å². The van der Waals surface area contributed by atoms with Crippen LogP contribution in [-0.4, -0.2) is 4.40 Å². The molecule has 9 aromatic carbocycles. The van der Waals surface area contributed by atoms with Gasteiger partial charge in [-0.05, 0) is 98.1 Å². The molecular weight excluding hydrogens is 713 g/mol. The second-order valence-corrected chi connectivity index (χ2v) is 16.5. The molecule has 0 bridgehead atoms. The number of hydrogen-bond acceptors (Lipinski definition) is 1. The van der Waals surface area contributed by atoms with Gasteiger partial charge in [-0.15, -0.1) is 0 Å². The molecule has 12 rings (SSSR count). The van der Waals surface area contributed by atoms with Crippen molar-refractivity contribution in [2.45, 2.75) is 19.3 Å². The largest absolute Gasteiger partial charge is 0.308 e. The second kappa shape index (κ2) is 12.8. The number of aromatic nitrogens is 1. The fourth-order valence-electron chi connectivity index (χ4n) is 10.2. The van der Waals surface area contributed by atoms with Gasteiger partial charge in [0.05, 0.1) is 22.2 Å². The molecule has 59 heavy (non-hydrogen) atoms. The highest BCUT2D eigenvalue weighted by Gasteiger charge is 2.36. The number of para-hydroxylation sites is 3. The van der Waals surface area contributed by atoms with Crippen molar-refractivity contribution in [3.63, 3.8) is 0 Å². The van der Waals surface area contributed by atoms with Gasteiger partial charge < -0.3 is 9.30 Å². The molecule has 11 aromatic rings. The Morgan fingerprint density at radius 2 is 0.915 bits per heavy atom. The lowest BCUT2D eigenvalue weighted by Crippen LogP contribution is -2.14. The van der Waals surface area contributed by atoms with E-state index in [0.717, 1.165) is 17.1 Å². The Labute approximate surface area is 344 Å². The summed E-state index contributed by atoms with van der Waals surface area (Å²) in [7, 11) is 0. The standard InChI is InChI=1S/C57H40N2/c1-57(2)50-26-11-9-21-49(50)54-44(22-14-27-51(54)57)39-30-32-42(33-31-39)58(43-35-40(37-16-5-3-6-17-37)34-41(36-43)38-18-7-4-8-19-38)53-29-15-25-48-47-24-13-23-46-45-20-10-12-28-52(45)59(55(46)47)56(48)53/h3-36H,1-2H3. The Bertz CT molecular complexity index is 3330. The predicted octanol–water partition coefficient (Wildman–Crippen LogP) is 15.6. The van der Waals surface area contributed by atoms with Gasteiger partial charge in [0.2, 0.25) is 0 Å². The summed E-state index contributed by atoms with van der Waals surface area (Å²) >= 11 is 0. The van der Waals surface area contributed by atoms with E-state index in [9.17, 15) is 0 Å². The first-order chi connectivity index (χ1) is 29.0. The molecular formula is C57H40N2. The molecule has 0 atom stereocenters. The predicted molar refractivity (Wildman–Crippen MR) is 250 cm³/mol. The fraction of sp³-hybridized carbons (Fsp3) is 0.0526. The summed E-state index contributed by atoms with van der Waals surface area (Å²) in [6, 6.07) is 76.1. The molecule has 2 heterocycles. The lowest BCUT2D eigenvalue weighted by Gasteiger charge is -2.28. The Kier molecular flexibility index (Phi) is 7.31. The Hall–Kier alpha value is -7.42. The normalized spacial score (nSPS) is 13.1. The summed E-state index contributed by atoms with van der Waals surface area (Å²) < 4.78 is 2.51. The quantitative estimate of drug-likeness (QED) is 0.164. The smallest absolute Gasteiger partial charge is 0.0782 e. The minimum absolute atomic E-state index is 0.0573. The zero-order valence-corrected chi connectivity index (χ0v) is 33.0. The van der Waals surface area contributed by atoms with Crippen LogP contribution in [0.1, 0.15) is 25.0 Å². The summed E-state index contributed by atoms with van der Waals surface area (Å²) in [4.78, 5) is 2.49. The van der Waals surface area contributed by atoms with Crippen LogP contribution < -0.4 is 4.90 Å². The van der Waals surface area contributed by atoms with Gasteiger partial charge in [-0.2, -0.15) is 0 Å². The van der Waals surface area contributed by atoms with Gasteiger partial charge in [-0.25, -0.2) is 0 Å². The lowest BCUT2D eigenvalue weighted by atomic mass is 9.82. The van der Waals surface area contributed by atoms with Crippen molar-refractivity contribution in [3.8, 4) is 44.5 Å². The minimum atomic E-state index is -0.0573. The van der Waals surface area contributed by atoms with Crippen molar-refractivity contribution in [1.29, 1.82) is 0 Å². The first-order valence-electron chi connectivity index (χ1n) is 20.6. The van der Waals surface area contributed by atoms with Crippen LogP contribution in [0.3, 0.4) is 0 Å². The molecule has 0 aliphatic heterocycles. The number of fused-ring (bicyclic) bond motifs is 9. The van der Waals surface area contributed by atoms with E-state index in [2.05, 4.69) is 229 Å². The molecule has 2 heteroatoms. The zero-order chi connectivity index (χ0) is 39.2. The van der Waals surface area contributed by atoms with Crippen molar-refractivity contribution in [3.05, 3.63) is 217 Å². The van der Waals surface area contributed by atoms with Crippen molar-refractivity contribution in [2.24, 2.45) is 0 Å². The second-order valence-electron chi connectivity index (χ2n) is 16.5. The number of hydrogen-bond donors (Lipinski definition) is 0. The van der Waals surface area contributed by atoms with Gasteiger partial charge in [-0.1, -0.05) is 178 Å². The van der Waals surface area contributed by atoms with Crippen LogP contribution in [-0.2, 0) is 5.41 Å². The molecule has 2 nitrogen and oxygen atoms in total. The van der Waals surface area contributed by atoms with E-state index in [1.54, 1.807) is 0 Å². The highest BCUT2D eigenvalue weighted by Crippen LogP contribution is 2.53. The lowest BCUT2D eigenvalue weighted by molar-refractivity contribution is 0.660. The first-order valence-corrected chi connectivity index (χ1v) is 20.6. The van der Waals surface area contributed by atoms with E-state index in [0.29, 0.717) is 0 Å². The molecule has 0 spiro atoms. The number of benzene rings is 9. The van der Waals surface area contributed by atoms with Gasteiger partial charge in [0.25, 0.3) is 0 Å². The third-order valence-electron chi connectivity index (χ3n) is 12.9. The van der Waals surface area contributed by atoms with E-state index >= 15 is 0 Å². The molecule has 0 fully saturated rings. The zero-order valence-electron chi connectivity index (χ0n) is 33.0. The minimum Gasteiger partial charge on any atom is -0.308 e. The van der Waals surface area contributed by atoms with Crippen LogP contribution in [0.2, 0.25) is 0 Å². The highest BCUT2D eigenvalue weighted by atomic mass is 15.2. The van der Waals surface area contributed by atoms with Crippen molar-refractivity contribution < 1.29 is 0 Å². The first kappa shape index (κ1) is 33.7. The summed E-state index contributed by atoms with van der Waals surface area (Å²) in [6.45, 7) is 4.71. The molecule has 0 saturated carbocycles. The Balaban J connectivity index is 1.13. The van der Waals surface area contributed by atoms with Crippen LogP contribution in [0, 0.1) is 0 Å². The summed E-state index contributed by atoms with van der Waals surface area (Å²) in [6.07, 6.45) is 0. The van der Waals surface area contributed by atoms with Crippen molar-refractivity contribution in [2.75, 3.05) is 4.90 Å². The van der Waals surface area contributed by atoms with Gasteiger partial charge in [0, 0.05) is 38.3 Å². The number of nitrogens with zero attached hydrogens (tertiary/aromatic N) is 2. The van der Waals surface area contributed by atoms with Crippen LogP contribution in [0.4, 0.5) is 17.1 Å². The van der Waals surface area contributed by atoms with E-state index in [-0.39, 0.29) is 5.41 Å². The maximum absolute atomic E-state index is 2.51. The van der Waals surface area contributed by atoms with Gasteiger partial charge in [0.1, 0.15) is 0 Å². The Morgan fingerprint density at radius 1 is 0.373 bits per heavy atom. The van der Waals surface area contributed by atoms with Crippen LogP contribution in [0.25, 0.3) is 82.6 Å². The molecule has 0 unspecified atom stereocenters. The molecule has 278 valence electrons. The topological polar surface area (TPSA) is 7.65 Å². The summed E-state index contributed by atoms with van der Waals surface area (Å²) in [5, 5.41) is 5.08. The molecule has 0 saturated heterocycles. The van der Waals surface area contributed by atoms with Gasteiger partial charge in [0.15, 0.2) is 0 Å². The molecule has 2 aromatic heterocycles. The summed E-state index contributed by atoms with van der Waals surface area (Å²) in [5.41, 5.74) is 19.7. The van der Waals surface area contributed by atoms with Gasteiger partial charge in [-0.3, -0.25) is 0 Å². The van der Waals surface area contributed by atoms with E-state index in [4.69, 9.17) is 0 Å². The van der Waals surface area contributed by atoms with E-state index in [1.807, 2.05) is 0 Å². The molecule has 0 amide bonds. The average Bonchev–Trinajstić information content (AvgIpc) is 3.90. The van der Waals surface area contributed by atoms with Crippen molar-refractivity contribution >= 4 is 55.2 Å². The van der Waals surface area contributed by atoms with E-state index < -0.39 is 0 Å². The molecule has 1 aliphatic carbocycles. The molecule has 1 aliphatic rings. The number of anilines is 3. The average molecular weight is 753 g/mol. The summed E-state index contributed by atoms with van der Waals surface area (Å²) in [5.74, 6) is 0. The number of rotatable bonds is 6. The Morgan fingerprint density at radius 3 is 1.64 bits per heavy atom. The van der Waals surface area contributed by atoms with Crippen molar-refractivity contribution in [1.82, 2.24) is 4.40 Å². The SMILES string of the molecule is CC1(C)c2ccccc2-c2c(-c3ccc(N(c4cc(-c5ccccc5)cc(-c5ccccc5)c4)c4cccc5c6cccc7c8ccccc8n(c45)c76)cc3)cccc21. The maximum atomic E-state index is 2.51. The third kappa shape index (κ3) is 5.00. The molecule has 0 N–H and O–H groups in total. The van der Waals surface area contributed by atoms with Crippen LogP contribution >= 0.6 is 0 Å². The van der Waals surface area contributed by atoms with E-state index in [1.165, 1.54) is 93.7 Å².